The molecule has 1 saturated carbocycles. The van der Waals surface area contributed by atoms with Crippen molar-refractivity contribution in [3.8, 4) is 16.2 Å². The van der Waals surface area contributed by atoms with Gasteiger partial charge >= 0.3 is 5.97 Å². The van der Waals surface area contributed by atoms with Gasteiger partial charge in [-0.3, -0.25) is 4.79 Å². The fourth-order valence-corrected chi connectivity index (χ4v) is 5.78. The van der Waals surface area contributed by atoms with E-state index in [1.165, 1.54) is 16.6 Å². The second-order valence-electron chi connectivity index (χ2n) is 8.26. The molecule has 0 amide bonds. The lowest BCUT2D eigenvalue weighted by Gasteiger charge is -2.19. The van der Waals surface area contributed by atoms with E-state index in [0.29, 0.717) is 29.1 Å². The van der Waals surface area contributed by atoms with Crippen molar-refractivity contribution >= 4 is 28.2 Å². The fraction of sp³-hybridized carbons (Fsp3) is 0.391. The topological polar surface area (TPSA) is 94.6 Å². The number of hydrogen-bond acceptors (Lipinski definition) is 5. The SMILES string of the molecule is COc1c(-c2cc3c(s2)CCC(CN)C3)ccc2c(=O)c(C(=O)O)cn(C3CC3)c12. The number of aromatic nitrogens is 1. The van der Waals surface area contributed by atoms with Gasteiger partial charge in [0, 0.05) is 27.6 Å². The molecule has 2 aromatic heterocycles. The molecule has 6 nitrogen and oxygen atoms in total. The second-order valence-corrected chi connectivity index (χ2v) is 9.40. The zero-order valence-corrected chi connectivity index (χ0v) is 17.6. The molecule has 2 heterocycles. The molecule has 3 N–H and O–H groups in total. The van der Waals surface area contributed by atoms with E-state index in [1.807, 2.05) is 10.6 Å². The highest BCUT2D eigenvalue weighted by atomic mass is 32.1. The first-order chi connectivity index (χ1) is 14.5. The lowest BCUT2D eigenvalue weighted by molar-refractivity contribution is 0.0695. The Morgan fingerprint density at radius 2 is 2.13 bits per heavy atom. The standard InChI is InChI=1S/C23H24N2O4S/c1-29-22-15(19-9-13-8-12(10-24)2-7-18(13)30-19)5-6-16-20(22)25(14-3-4-14)11-17(21(16)26)23(27)28/h5-6,9,11-12,14H,2-4,7-8,10,24H2,1H3,(H,27,28). The van der Waals surface area contributed by atoms with Crippen molar-refractivity contribution in [1.29, 1.82) is 0 Å². The first-order valence-electron chi connectivity index (χ1n) is 10.3. The summed E-state index contributed by atoms with van der Waals surface area (Å²) >= 11 is 1.78. The molecule has 30 heavy (non-hydrogen) atoms. The number of carboxylic acids is 1. The van der Waals surface area contributed by atoms with E-state index in [-0.39, 0.29) is 11.6 Å². The van der Waals surface area contributed by atoms with Crippen LogP contribution in [0.1, 0.15) is 46.1 Å². The Balaban J connectivity index is 1.73. The smallest absolute Gasteiger partial charge is 0.341 e. The molecule has 1 unspecified atom stereocenters. The number of carbonyl (C=O) groups is 1. The maximum absolute atomic E-state index is 12.9. The van der Waals surface area contributed by atoms with Crippen LogP contribution in [0, 0.1) is 5.92 Å². The molecule has 0 saturated heterocycles. The van der Waals surface area contributed by atoms with Crippen LogP contribution in [0.5, 0.6) is 5.75 Å². The third kappa shape index (κ3) is 3.04. The highest BCUT2D eigenvalue weighted by molar-refractivity contribution is 7.15. The second kappa shape index (κ2) is 7.25. The lowest BCUT2D eigenvalue weighted by atomic mass is 9.88. The number of hydrogen-bond donors (Lipinski definition) is 2. The van der Waals surface area contributed by atoms with E-state index >= 15 is 0 Å². The quantitative estimate of drug-likeness (QED) is 0.649. The Morgan fingerprint density at radius 3 is 2.80 bits per heavy atom. The van der Waals surface area contributed by atoms with Crippen molar-refractivity contribution in [1.82, 2.24) is 4.57 Å². The van der Waals surface area contributed by atoms with Crippen molar-refractivity contribution in [3.63, 3.8) is 0 Å². The Morgan fingerprint density at radius 1 is 1.33 bits per heavy atom. The summed E-state index contributed by atoms with van der Waals surface area (Å²) in [6.07, 6.45) is 6.61. The Labute approximate surface area is 177 Å². The Bertz CT molecular complexity index is 1220. The van der Waals surface area contributed by atoms with Gasteiger partial charge in [-0.2, -0.15) is 0 Å². The fourth-order valence-electron chi connectivity index (χ4n) is 4.54. The molecule has 156 valence electrons. The molecule has 1 fully saturated rings. The summed E-state index contributed by atoms with van der Waals surface area (Å²) < 4.78 is 7.77. The van der Waals surface area contributed by atoms with Gasteiger partial charge in [0.25, 0.3) is 0 Å². The molecule has 2 aliphatic carbocycles. The number of carboxylic acid groups (broad SMARTS) is 1. The Kier molecular flexibility index (Phi) is 4.67. The van der Waals surface area contributed by atoms with E-state index in [9.17, 15) is 14.7 Å². The van der Waals surface area contributed by atoms with Crippen LogP contribution in [0.2, 0.25) is 0 Å². The largest absolute Gasteiger partial charge is 0.494 e. The van der Waals surface area contributed by atoms with Crippen LogP contribution < -0.4 is 15.9 Å². The van der Waals surface area contributed by atoms with Gasteiger partial charge in [0.2, 0.25) is 5.43 Å². The van der Waals surface area contributed by atoms with Crippen molar-refractivity contribution in [3.05, 3.63) is 50.6 Å². The Hall–Kier alpha value is -2.64. The molecule has 0 radical (unpaired) electrons. The van der Waals surface area contributed by atoms with Crippen molar-refractivity contribution in [2.75, 3.05) is 13.7 Å². The van der Waals surface area contributed by atoms with Crippen LogP contribution in [0.25, 0.3) is 21.3 Å². The molecule has 1 aromatic carbocycles. The first kappa shape index (κ1) is 19.3. The van der Waals surface area contributed by atoms with Crippen LogP contribution in [0.3, 0.4) is 0 Å². The number of methoxy groups -OCH3 is 1. The van der Waals surface area contributed by atoms with Gasteiger partial charge < -0.3 is 20.1 Å². The number of ether oxygens (including phenoxy) is 1. The summed E-state index contributed by atoms with van der Waals surface area (Å²) in [6.45, 7) is 0.712. The van der Waals surface area contributed by atoms with Crippen molar-refractivity contribution in [2.45, 2.75) is 38.1 Å². The number of fused-ring (bicyclic) bond motifs is 2. The maximum Gasteiger partial charge on any atom is 0.341 e. The van der Waals surface area contributed by atoms with E-state index in [4.69, 9.17) is 10.5 Å². The van der Waals surface area contributed by atoms with Gasteiger partial charge in [-0.25, -0.2) is 4.79 Å². The monoisotopic (exact) mass is 424 g/mol. The van der Waals surface area contributed by atoms with Crippen molar-refractivity contribution < 1.29 is 14.6 Å². The number of pyridine rings is 1. The molecule has 3 aromatic rings. The number of aryl methyl sites for hydroxylation is 1. The molecule has 1 atom stereocenters. The molecule has 2 aliphatic rings. The molecule has 0 aliphatic heterocycles. The molecule has 7 heteroatoms. The summed E-state index contributed by atoms with van der Waals surface area (Å²) in [5.41, 5.74) is 8.24. The van der Waals surface area contributed by atoms with Gasteiger partial charge in [0.1, 0.15) is 5.56 Å². The summed E-state index contributed by atoms with van der Waals surface area (Å²) in [5, 5.41) is 9.89. The summed E-state index contributed by atoms with van der Waals surface area (Å²) in [4.78, 5) is 27.0. The van der Waals surface area contributed by atoms with Gasteiger partial charge in [-0.05, 0) is 68.3 Å². The first-order valence-corrected chi connectivity index (χ1v) is 11.1. The van der Waals surface area contributed by atoms with E-state index in [0.717, 1.165) is 42.5 Å². The molecule has 0 bridgehead atoms. The van der Waals surface area contributed by atoms with Crippen LogP contribution in [0.15, 0.2) is 29.2 Å². The molecular weight excluding hydrogens is 400 g/mol. The highest BCUT2D eigenvalue weighted by Crippen LogP contribution is 2.45. The van der Waals surface area contributed by atoms with E-state index in [2.05, 4.69) is 6.07 Å². The predicted octanol–water partition coefficient (Wildman–Crippen LogP) is 3.84. The number of thiophene rings is 1. The zero-order valence-electron chi connectivity index (χ0n) is 16.8. The van der Waals surface area contributed by atoms with E-state index in [1.54, 1.807) is 24.5 Å². The van der Waals surface area contributed by atoms with Gasteiger partial charge in [-0.1, -0.05) is 0 Å². The van der Waals surface area contributed by atoms with Crippen LogP contribution in [-0.2, 0) is 12.8 Å². The number of rotatable bonds is 5. The van der Waals surface area contributed by atoms with Gasteiger partial charge in [0.15, 0.2) is 5.75 Å². The lowest BCUT2D eigenvalue weighted by Crippen LogP contribution is -2.20. The summed E-state index contributed by atoms with van der Waals surface area (Å²) in [7, 11) is 1.61. The third-order valence-corrected chi connectivity index (χ3v) is 7.58. The molecule has 0 spiro atoms. The third-order valence-electron chi connectivity index (χ3n) is 6.31. The van der Waals surface area contributed by atoms with Crippen LogP contribution >= 0.6 is 11.3 Å². The van der Waals surface area contributed by atoms with E-state index < -0.39 is 11.4 Å². The minimum absolute atomic E-state index is 0.191. The zero-order chi connectivity index (χ0) is 21.0. The van der Waals surface area contributed by atoms with Crippen LogP contribution in [-0.4, -0.2) is 29.3 Å². The van der Waals surface area contributed by atoms with Crippen LogP contribution in [0.4, 0.5) is 0 Å². The molecule has 5 rings (SSSR count). The summed E-state index contributed by atoms with van der Waals surface area (Å²) in [5.74, 6) is -0.0184. The minimum Gasteiger partial charge on any atom is -0.494 e. The number of nitrogens with two attached hydrogens (primary N) is 1. The average molecular weight is 425 g/mol. The minimum atomic E-state index is -1.19. The van der Waals surface area contributed by atoms with Gasteiger partial charge in [-0.15, -0.1) is 11.3 Å². The van der Waals surface area contributed by atoms with Crippen molar-refractivity contribution in [2.24, 2.45) is 11.7 Å². The number of aromatic carboxylic acids is 1. The predicted molar refractivity (Wildman–Crippen MR) is 118 cm³/mol. The van der Waals surface area contributed by atoms with Gasteiger partial charge in [0.05, 0.1) is 18.0 Å². The normalized spacial score (nSPS) is 18.4. The number of benzene rings is 1. The summed E-state index contributed by atoms with van der Waals surface area (Å²) in [6, 6.07) is 6.08. The average Bonchev–Trinajstić information content (AvgIpc) is 3.50. The highest BCUT2D eigenvalue weighted by Gasteiger charge is 2.29. The maximum atomic E-state index is 12.9. The molecular formula is C23H24N2O4S. The number of nitrogens with zero attached hydrogens (tertiary/aromatic N) is 1.